The number of carbonyl (C=O) groups excluding carboxylic acids is 2. The second-order valence-electron chi connectivity index (χ2n) is 8.44. The molecule has 0 radical (unpaired) electrons. The van der Waals surface area contributed by atoms with Gasteiger partial charge < -0.3 is 15.0 Å². The first-order valence-electron chi connectivity index (χ1n) is 11.6. The summed E-state index contributed by atoms with van der Waals surface area (Å²) in [5.41, 5.74) is 1.96. The van der Waals surface area contributed by atoms with Gasteiger partial charge in [0.15, 0.2) is 0 Å². The maximum atomic E-state index is 13.8. The van der Waals surface area contributed by atoms with Gasteiger partial charge in [-0.2, -0.15) is 0 Å². The quantitative estimate of drug-likeness (QED) is 0.417. The van der Waals surface area contributed by atoms with Gasteiger partial charge in [-0.15, -0.1) is 0 Å². The maximum absolute atomic E-state index is 13.8. The lowest BCUT2D eigenvalue weighted by Gasteiger charge is -2.32. The normalized spacial score (nSPS) is 11.9. The van der Waals surface area contributed by atoms with Crippen LogP contribution in [0.25, 0.3) is 0 Å². The van der Waals surface area contributed by atoms with E-state index in [0.29, 0.717) is 0 Å². The van der Waals surface area contributed by atoms with E-state index >= 15 is 0 Å². The lowest BCUT2D eigenvalue weighted by molar-refractivity contribution is -0.139. The van der Waals surface area contributed by atoms with Crippen LogP contribution >= 0.6 is 11.6 Å². The highest BCUT2D eigenvalue weighted by molar-refractivity contribution is 7.92. The van der Waals surface area contributed by atoms with Gasteiger partial charge in [-0.25, -0.2) is 8.42 Å². The number of halogens is 1. The molecule has 0 aliphatic heterocycles. The van der Waals surface area contributed by atoms with Crippen molar-refractivity contribution < 1.29 is 22.7 Å². The van der Waals surface area contributed by atoms with Crippen molar-refractivity contribution in [2.75, 3.05) is 25.0 Å². The summed E-state index contributed by atoms with van der Waals surface area (Å²) >= 11 is 6.22. The molecule has 0 saturated heterocycles. The lowest BCUT2D eigenvalue weighted by atomic mass is 10.1. The zero-order valence-electron chi connectivity index (χ0n) is 21.1. The Morgan fingerprint density at radius 3 is 2.27 bits per heavy atom. The molecule has 0 unspecified atom stereocenters. The number of carbonyl (C=O) groups is 2. The molecular weight excluding hydrogens is 514 g/mol. The van der Waals surface area contributed by atoms with Gasteiger partial charge in [0.2, 0.25) is 11.8 Å². The molecule has 3 aromatic rings. The number of hydrogen-bond acceptors (Lipinski definition) is 5. The minimum atomic E-state index is -4.22. The fourth-order valence-electron chi connectivity index (χ4n) is 3.77. The molecule has 1 N–H and O–H groups in total. The van der Waals surface area contributed by atoms with Crippen LogP contribution in [0.3, 0.4) is 0 Å². The molecule has 0 bridgehead atoms. The molecule has 0 fully saturated rings. The molecule has 0 heterocycles. The number of amides is 2. The van der Waals surface area contributed by atoms with Crippen LogP contribution in [0.2, 0.25) is 5.02 Å². The highest BCUT2D eigenvalue weighted by Gasteiger charge is 2.33. The van der Waals surface area contributed by atoms with E-state index < -0.39 is 28.5 Å². The van der Waals surface area contributed by atoms with Crippen LogP contribution in [0, 0.1) is 6.92 Å². The Bertz CT molecular complexity index is 1350. The van der Waals surface area contributed by atoms with E-state index in [9.17, 15) is 18.0 Å². The Labute approximate surface area is 222 Å². The monoisotopic (exact) mass is 543 g/mol. The Hall–Kier alpha value is -3.56. The number of ether oxygens (including phenoxy) is 1. The number of sulfonamides is 1. The molecular formula is C27H30ClN3O5S. The van der Waals surface area contributed by atoms with Gasteiger partial charge in [0.1, 0.15) is 18.3 Å². The third kappa shape index (κ3) is 6.61. The van der Waals surface area contributed by atoms with Gasteiger partial charge in [-0.05, 0) is 49.7 Å². The fourth-order valence-corrected chi connectivity index (χ4v) is 5.38. The predicted molar refractivity (Wildman–Crippen MR) is 144 cm³/mol. The predicted octanol–water partition coefficient (Wildman–Crippen LogP) is 4.02. The zero-order valence-corrected chi connectivity index (χ0v) is 22.7. The van der Waals surface area contributed by atoms with Gasteiger partial charge in [0, 0.05) is 18.6 Å². The molecule has 3 aromatic carbocycles. The Balaban J connectivity index is 2.09. The smallest absolute Gasteiger partial charge is 0.264 e. The molecule has 0 saturated carbocycles. The van der Waals surface area contributed by atoms with Crippen molar-refractivity contribution in [3.8, 4) is 5.75 Å². The molecule has 0 aromatic heterocycles. The van der Waals surface area contributed by atoms with Gasteiger partial charge in [0.05, 0.1) is 17.7 Å². The number of hydrogen-bond donors (Lipinski definition) is 1. The number of nitrogens with one attached hydrogen (secondary N) is 1. The van der Waals surface area contributed by atoms with E-state index in [1.807, 2.05) is 31.2 Å². The second-order valence-corrected chi connectivity index (χ2v) is 10.7. The molecule has 0 spiro atoms. The lowest BCUT2D eigenvalue weighted by Crippen LogP contribution is -2.50. The molecule has 196 valence electrons. The van der Waals surface area contributed by atoms with Crippen LogP contribution in [0.5, 0.6) is 5.75 Å². The molecule has 37 heavy (non-hydrogen) atoms. The van der Waals surface area contributed by atoms with Gasteiger partial charge >= 0.3 is 0 Å². The number of aryl methyl sites for hydroxylation is 1. The minimum Gasteiger partial charge on any atom is -0.495 e. The number of rotatable bonds is 10. The summed E-state index contributed by atoms with van der Waals surface area (Å²) in [6, 6.07) is 19.0. The van der Waals surface area contributed by atoms with Crippen molar-refractivity contribution in [2.45, 2.75) is 31.3 Å². The molecule has 1 atom stereocenters. The number of nitrogens with zero attached hydrogens (tertiary/aromatic N) is 2. The summed E-state index contributed by atoms with van der Waals surface area (Å²) in [5, 5.41) is 2.83. The summed E-state index contributed by atoms with van der Waals surface area (Å²) in [7, 11) is -1.33. The van der Waals surface area contributed by atoms with Crippen LogP contribution < -0.4 is 14.4 Å². The summed E-state index contributed by atoms with van der Waals surface area (Å²) < 4.78 is 34.0. The Morgan fingerprint density at radius 1 is 1.03 bits per heavy atom. The van der Waals surface area contributed by atoms with Gasteiger partial charge in [-0.3, -0.25) is 13.9 Å². The van der Waals surface area contributed by atoms with Crippen LogP contribution in [0.15, 0.2) is 77.7 Å². The molecule has 2 amide bonds. The molecule has 8 nitrogen and oxygen atoms in total. The van der Waals surface area contributed by atoms with E-state index in [0.717, 1.165) is 15.4 Å². The number of anilines is 1. The second kappa shape index (κ2) is 12.1. The van der Waals surface area contributed by atoms with E-state index in [-0.39, 0.29) is 33.8 Å². The van der Waals surface area contributed by atoms with Crippen molar-refractivity contribution in [2.24, 2.45) is 0 Å². The highest BCUT2D eigenvalue weighted by Crippen LogP contribution is 2.35. The molecule has 3 rings (SSSR count). The van der Waals surface area contributed by atoms with Crippen LogP contribution in [0.4, 0.5) is 5.69 Å². The van der Waals surface area contributed by atoms with E-state index in [2.05, 4.69) is 5.32 Å². The first-order valence-corrected chi connectivity index (χ1v) is 13.4. The summed E-state index contributed by atoms with van der Waals surface area (Å²) in [4.78, 5) is 27.7. The Kier molecular flexibility index (Phi) is 9.18. The number of methoxy groups -OCH3 is 1. The summed E-state index contributed by atoms with van der Waals surface area (Å²) in [6.07, 6.45) is 0. The Morgan fingerprint density at radius 2 is 1.68 bits per heavy atom. The van der Waals surface area contributed by atoms with Crippen LogP contribution in [0.1, 0.15) is 18.1 Å². The molecule has 0 aliphatic carbocycles. The third-order valence-corrected chi connectivity index (χ3v) is 7.92. The standard InChI is InChI=1S/C27H30ClN3O5S/c1-19-10-12-21(13-11-19)17-30(20(2)27(33)29-3)26(32)18-31(24-16-22(28)14-15-25(24)36-4)37(34,35)23-8-6-5-7-9-23/h5-16,20H,17-18H2,1-4H3,(H,29,33)/t20-/m0/s1. The third-order valence-electron chi connectivity index (χ3n) is 5.91. The van der Waals surface area contributed by atoms with Crippen molar-refractivity contribution in [1.29, 1.82) is 0 Å². The van der Waals surface area contributed by atoms with E-state index in [4.69, 9.17) is 16.3 Å². The van der Waals surface area contributed by atoms with E-state index in [1.54, 1.807) is 31.2 Å². The summed E-state index contributed by atoms with van der Waals surface area (Å²) in [6.45, 7) is 3.08. The SMILES string of the molecule is CNC(=O)[C@H](C)N(Cc1ccc(C)cc1)C(=O)CN(c1cc(Cl)ccc1OC)S(=O)(=O)c1ccccc1. The van der Waals surface area contributed by atoms with Crippen molar-refractivity contribution in [3.63, 3.8) is 0 Å². The average molecular weight is 544 g/mol. The highest BCUT2D eigenvalue weighted by atomic mass is 35.5. The first-order chi connectivity index (χ1) is 17.6. The van der Waals surface area contributed by atoms with Gasteiger partial charge in [-0.1, -0.05) is 59.6 Å². The fraction of sp³-hybridized carbons (Fsp3) is 0.259. The minimum absolute atomic E-state index is 0.00531. The van der Waals surface area contributed by atoms with Crippen molar-refractivity contribution in [3.05, 3.63) is 88.9 Å². The summed E-state index contributed by atoms with van der Waals surface area (Å²) in [5.74, 6) is -0.724. The first kappa shape index (κ1) is 28.0. The average Bonchev–Trinajstić information content (AvgIpc) is 2.90. The van der Waals surface area contributed by atoms with Crippen LogP contribution in [-0.4, -0.2) is 51.9 Å². The van der Waals surface area contributed by atoms with Crippen LogP contribution in [-0.2, 0) is 26.2 Å². The largest absolute Gasteiger partial charge is 0.495 e. The maximum Gasteiger partial charge on any atom is 0.264 e. The van der Waals surface area contributed by atoms with Crippen molar-refractivity contribution >= 4 is 39.1 Å². The number of benzene rings is 3. The molecule has 10 heteroatoms. The molecule has 0 aliphatic rings. The van der Waals surface area contributed by atoms with Crippen molar-refractivity contribution in [1.82, 2.24) is 10.2 Å². The number of likely N-dealkylation sites (N-methyl/N-ethyl adjacent to an activating group) is 1. The van der Waals surface area contributed by atoms with Gasteiger partial charge in [0.25, 0.3) is 10.0 Å². The zero-order chi connectivity index (χ0) is 27.2. The topological polar surface area (TPSA) is 96.0 Å². The van der Waals surface area contributed by atoms with E-state index in [1.165, 1.54) is 43.3 Å².